The third-order valence-electron chi connectivity index (χ3n) is 2.08. The fraction of sp³-hybridized carbons (Fsp3) is 0.333. The minimum atomic E-state index is -0.243. The Morgan fingerprint density at radius 2 is 1.79 bits per heavy atom. The maximum atomic E-state index is 5.96. The number of hydrogen-bond donors (Lipinski definition) is 1. The van der Waals surface area contributed by atoms with E-state index < -0.39 is 0 Å². The van der Waals surface area contributed by atoms with E-state index in [9.17, 15) is 0 Å². The minimum absolute atomic E-state index is 0. The first kappa shape index (κ1) is 13.2. The lowest BCUT2D eigenvalue weighted by Gasteiger charge is -2.19. The molecule has 0 spiro atoms. The van der Waals surface area contributed by atoms with Gasteiger partial charge in [-0.05, 0) is 31.4 Å². The minimum Gasteiger partial charge on any atom is -0.322 e. The van der Waals surface area contributed by atoms with E-state index in [4.69, 9.17) is 5.73 Å². The zero-order valence-electron chi connectivity index (χ0n) is 8.79. The summed E-state index contributed by atoms with van der Waals surface area (Å²) in [6.07, 6.45) is 2.83. The molecule has 2 heteroatoms. The quantitative estimate of drug-likeness (QED) is 0.765. The van der Waals surface area contributed by atoms with Crippen LogP contribution in [0.1, 0.15) is 25.0 Å². The lowest BCUT2D eigenvalue weighted by Crippen LogP contribution is -2.28. The first-order chi connectivity index (χ1) is 6.04. The molecule has 0 aliphatic carbocycles. The molecule has 0 saturated carbocycles. The predicted octanol–water partition coefficient (Wildman–Crippen LogP) is 3.03. The van der Waals surface area contributed by atoms with Gasteiger partial charge in [-0.3, -0.25) is 0 Å². The predicted molar refractivity (Wildman–Crippen MR) is 64.8 cm³/mol. The van der Waals surface area contributed by atoms with Crippen molar-refractivity contribution in [2.24, 2.45) is 5.73 Å². The molecule has 0 saturated heterocycles. The van der Waals surface area contributed by atoms with Gasteiger partial charge in [0.15, 0.2) is 0 Å². The molecule has 1 nitrogen and oxygen atoms in total. The van der Waals surface area contributed by atoms with Crippen LogP contribution in [0.15, 0.2) is 36.9 Å². The van der Waals surface area contributed by atoms with Gasteiger partial charge in [0.25, 0.3) is 0 Å². The van der Waals surface area contributed by atoms with Gasteiger partial charge in [0.1, 0.15) is 0 Å². The van der Waals surface area contributed by atoms with Crippen molar-refractivity contribution >= 4 is 12.4 Å². The van der Waals surface area contributed by atoms with Crippen LogP contribution < -0.4 is 5.73 Å². The van der Waals surface area contributed by atoms with Crippen molar-refractivity contribution in [2.45, 2.75) is 25.8 Å². The summed E-state index contributed by atoms with van der Waals surface area (Å²) in [7, 11) is 0. The molecule has 1 aromatic carbocycles. The third-order valence-corrected chi connectivity index (χ3v) is 2.08. The maximum Gasteiger partial charge on any atom is 0.0352 e. The van der Waals surface area contributed by atoms with E-state index in [0.29, 0.717) is 0 Å². The van der Waals surface area contributed by atoms with Crippen molar-refractivity contribution in [1.82, 2.24) is 0 Å². The molecule has 2 N–H and O–H groups in total. The van der Waals surface area contributed by atoms with Gasteiger partial charge in [0.05, 0.1) is 0 Å². The molecule has 0 bridgehead atoms. The van der Waals surface area contributed by atoms with Crippen molar-refractivity contribution in [3.63, 3.8) is 0 Å². The standard InChI is InChI=1S/C12H17N.ClH/c1-4-5-10-6-8-11(9-7-10)12(2,3)13;/h4,6-9H,1,5,13H2,2-3H3;1H. The van der Waals surface area contributed by atoms with E-state index in [1.807, 2.05) is 19.9 Å². The number of benzene rings is 1. The maximum absolute atomic E-state index is 5.96. The van der Waals surface area contributed by atoms with Crippen molar-refractivity contribution in [1.29, 1.82) is 0 Å². The normalized spacial score (nSPS) is 10.5. The van der Waals surface area contributed by atoms with Crippen LogP contribution >= 0.6 is 12.4 Å². The number of rotatable bonds is 3. The summed E-state index contributed by atoms with van der Waals surface area (Å²) in [4.78, 5) is 0. The van der Waals surface area contributed by atoms with Gasteiger partial charge in [-0.15, -0.1) is 19.0 Å². The first-order valence-corrected chi connectivity index (χ1v) is 4.53. The summed E-state index contributed by atoms with van der Waals surface area (Å²) in [5.41, 5.74) is 8.16. The van der Waals surface area contributed by atoms with Gasteiger partial charge in [0.2, 0.25) is 0 Å². The van der Waals surface area contributed by atoms with Gasteiger partial charge in [-0.2, -0.15) is 0 Å². The average molecular weight is 212 g/mol. The van der Waals surface area contributed by atoms with E-state index >= 15 is 0 Å². The second kappa shape index (κ2) is 5.18. The lowest BCUT2D eigenvalue weighted by molar-refractivity contribution is 0.554. The Labute approximate surface area is 92.4 Å². The van der Waals surface area contributed by atoms with E-state index in [-0.39, 0.29) is 17.9 Å². The Hall–Kier alpha value is -0.790. The van der Waals surface area contributed by atoms with Crippen LogP contribution in [-0.4, -0.2) is 0 Å². The molecule has 0 fully saturated rings. The summed E-state index contributed by atoms with van der Waals surface area (Å²) < 4.78 is 0. The highest BCUT2D eigenvalue weighted by Gasteiger charge is 2.12. The second-order valence-corrected chi connectivity index (χ2v) is 3.91. The zero-order chi connectivity index (χ0) is 9.90. The number of nitrogens with two attached hydrogens (primary N) is 1. The number of hydrogen-bond acceptors (Lipinski definition) is 1. The van der Waals surface area contributed by atoms with Crippen LogP contribution in [0.3, 0.4) is 0 Å². The van der Waals surface area contributed by atoms with Gasteiger partial charge in [0, 0.05) is 5.54 Å². The van der Waals surface area contributed by atoms with Gasteiger partial charge in [-0.25, -0.2) is 0 Å². The molecule has 1 aromatic rings. The average Bonchev–Trinajstić information content (AvgIpc) is 2.04. The van der Waals surface area contributed by atoms with Crippen LogP contribution in [0, 0.1) is 0 Å². The fourth-order valence-corrected chi connectivity index (χ4v) is 1.24. The monoisotopic (exact) mass is 211 g/mol. The van der Waals surface area contributed by atoms with Crippen molar-refractivity contribution < 1.29 is 0 Å². The highest BCUT2D eigenvalue weighted by atomic mass is 35.5. The van der Waals surface area contributed by atoms with Crippen LogP contribution in [0.2, 0.25) is 0 Å². The van der Waals surface area contributed by atoms with Crippen molar-refractivity contribution in [2.75, 3.05) is 0 Å². The van der Waals surface area contributed by atoms with Crippen LogP contribution in [0.4, 0.5) is 0 Å². The molecule has 0 aliphatic heterocycles. The van der Waals surface area contributed by atoms with Crippen LogP contribution in [0.5, 0.6) is 0 Å². The summed E-state index contributed by atoms with van der Waals surface area (Å²) in [5, 5.41) is 0. The van der Waals surface area contributed by atoms with Gasteiger partial charge >= 0.3 is 0 Å². The topological polar surface area (TPSA) is 26.0 Å². The molecular formula is C12H18ClN. The van der Waals surface area contributed by atoms with E-state index in [1.54, 1.807) is 0 Å². The Morgan fingerprint density at radius 1 is 1.29 bits per heavy atom. The lowest BCUT2D eigenvalue weighted by atomic mass is 9.94. The Morgan fingerprint density at radius 3 is 2.14 bits per heavy atom. The Kier molecular flexibility index (Phi) is 4.89. The Balaban J connectivity index is 0.00000169. The van der Waals surface area contributed by atoms with Crippen molar-refractivity contribution in [3.05, 3.63) is 48.0 Å². The molecule has 0 unspecified atom stereocenters. The highest BCUT2D eigenvalue weighted by molar-refractivity contribution is 5.85. The van der Waals surface area contributed by atoms with E-state index in [1.165, 1.54) is 11.1 Å². The summed E-state index contributed by atoms with van der Waals surface area (Å²) >= 11 is 0. The molecule has 1 rings (SSSR count). The van der Waals surface area contributed by atoms with E-state index in [2.05, 4.69) is 30.8 Å². The highest BCUT2D eigenvalue weighted by Crippen LogP contribution is 2.17. The first-order valence-electron chi connectivity index (χ1n) is 4.53. The molecule has 0 radical (unpaired) electrons. The molecule has 0 amide bonds. The SMILES string of the molecule is C=CCc1ccc(C(C)(C)N)cc1.Cl. The summed E-state index contributed by atoms with van der Waals surface area (Å²) in [5.74, 6) is 0. The third kappa shape index (κ3) is 3.52. The van der Waals surface area contributed by atoms with Crippen LogP contribution in [-0.2, 0) is 12.0 Å². The molecule has 0 aromatic heterocycles. The van der Waals surface area contributed by atoms with Gasteiger partial charge in [-0.1, -0.05) is 30.3 Å². The second-order valence-electron chi connectivity index (χ2n) is 3.91. The molecule has 0 atom stereocenters. The zero-order valence-corrected chi connectivity index (χ0v) is 9.60. The smallest absolute Gasteiger partial charge is 0.0352 e. The largest absolute Gasteiger partial charge is 0.322 e. The van der Waals surface area contributed by atoms with Crippen LogP contribution in [0.25, 0.3) is 0 Å². The van der Waals surface area contributed by atoms with Crippen molar-refractivity contribution in [3.8, 4) is 0 Å². The molecule has 78 valence electrons. The molecule has 14 heavy (non-hydrogen) atoms. The number of allylic oxidation sites excluding steroid dienone is 1. The fourth-order valence-electron chi connectivity index (χ4n) is 1.24. The Bertz CT molecular complexity index is 282. The number of halogens is 1. The summed E-state index contributed by atoms with van der Waals surface area (Å²) in [6, 6.07) is 8.37. The van der Waals surface area contributed by atoms with Gasteiger partial charge < -0.3 is 5.73 Å². The molecule has 0 heterocycles. The molecule has 0 aliphatic rings. The molecular weight excluding hydrogens is 194 g/mol. The van der Waals surface area contributed by atoms with E-state index in [0.717, 1.165) is 6.42 Å². The summed E-state index contributed by atoms with van der Waals surface area (Å²) in [6.45, 7) is 7.72.